The molecule has 0 aromatic heterocycles. The van der Waals surface area contributed by atoms with Gasteiger partial charge in [-0.2, -0.15) is 0 Å². The Kier molecular flexibility index (Phi) is 11.1. The number of unbranched alkanes of at least 4 members (excludes halogenated alkanes) is 3. The molecule has 4 aliphatic carbocycles. The predicted octanol–water partition coefficient (Wildman–Crippen LogP) is 6.18. The second-order valence-corrected chi connectivity index (χ2v) is 16.6. The number of esters is 1. The number of carbonyl (C=O) groups is 3. The minimum absolute atomic E-state index is 0.0204. The first-order chi connectivity index (χ1) is 23.4. The zero-order valence-corrected chi connectivity index (χ0v) is 30.0. The fourth-order valence-electron chi connectivity index (χ4n) is 10.9. The van der Waals surface area contributed by atoms with Gasteiger partial charge in [0.05, 0.1) is 17.8 Å². The summed E-state index contributed by atoms with van der Waals surface area (Å²) >= 11 is 0. The molecule has 4 fully saturated rings. The summed E-state index contributed by atoms with van der Waals surface area (Å²) in [5.74, 6) is 0.708. The standard InChI is InChI=1S/C41H59NO7/c1-27-10-12-28(13-11-27)18-21-42-37(45)9-7-5-4-6-8-31(43)26-48-32-16-19-39(2)30(23-32)14-15-34-35(39)24-36(44)40(3)33(17-20-41(34,40)47)29-22-38(46)49-25-29/h10-13,22,30,32-36,44,47H,4-9,14-21,23-26H2,1-3H3,(H,42,45)/t30-,32+,33-,34-,35+,36-,39+,40+,41+/m1/s1. The van der Waals surface area contributed by atoms with Gasteiger partial charge >= 0.3 is 5.97 Å². The van der Waals surface area contributed by atoms with Gasteiger partial charge in [-0.1, -0.05) is 56.5 Å². The van der Waals surface area contributed by atoms with Gasteiger partial charge in [0.15, 0.2) is 5.78 Å². The van der Waals surface area contributed by atoms with Crippen LogP contribution in [0.3, 0.4) is 0 Å². The molecule has 49 heavy (non-hydrogen) atoms. The number of nitrogens with one attached hydrogen (secondary N) is 1. The minimum Gasteiger partial charge on any atom is -0.458 e. The van der Waals surface area contributed by atoms with Gasteiger partial charge in [0.25, 0.3) is 0 Å². The van der Waals surface area contributed by atoms with Crippen LogP contribution >= 0.6 is 0 Å². The molecular weight excluding hydrogens is 618 g/mol. The number of aliphatic hydroxyl groups excluding tert-OH is 1. The second kappa shape index (κ2) is 15.0. The lowest BCUT2D eigenvalue weighted by Gasteiger charge is -2.65. The molecule has 0 unspecified atom stereocenters. The first-order valence-electron chi connectivity index (χ1n) is 19.2. The molecule has 1 heterocycles. The van der Waals surface area contributed by atoms with Gasteiger partial charge < -0.3 is 25.0 Å². The Morgan fingerprint density at radius 3 is 2.45 bits per heavy atom. The van der Waals surface area contributed by atoms with Crippen molar-refractivity contribution in [2.24, 2.45) is 34.5 Å². The van der Waals surface area contributed by atoms with Gasteiger partial charge in [0.1, 0.15) is 13.2 Å². The van der Waals surface area contributed by atoms with Crippen LogP contribution in [0.4, 0.5) is 0 Å². The van der Waals surface area contributed by atoms with Gasteiger partial charge in [0.2, 0.25) is 5.91 Å². The van der Waals surface area contributed by atoms with Crippen molar-refractivity contribution in [3.8, 4) is 0 Å². The van der Waals surface area contributed by atoms with Crippen LogP contribution in [0.1, 0.15) is 115 Å². The van der Waals surface area contributed by atoms with E-state index in [0.29, 0.717) is 38.1 Å². The minimum atomic E-state index is -0.964. The Balaban J connectivity index is 0.891. The largest absolute Gasteiger partial charge is 0.458 e. The van der Waals surface area contributed by atoms with Gasteiger partial charge in [0, 0.05) is 30.9 Å². The maximum absolute atomic E-state index is 12.7. The number of aliphatic hydroxyl groups is 2. The van der Waals surface area contributed by atoms with Crippen molar-refractivity contribution < 1.29 is 34.1 Å². The van der Waals surface area contributed by atoms with E-state index in [2.05, 4.69) is 50.4 Å². The summed E-state index contributed by atoms with van der Waals surface area (Å²) in [7, 11) is 0. The van der Waals surface area contributed by atoms with Crippen LogP contribution in [-0.4, -0.2) is 65.4 Å². The maximum atomic E-state index is 12.7. The zero-order valence-electron chi connectivity index (χ0n) is 30.0. The third kappa shape index (κ3) is 7.30. The fourth-order valence-corrected chi connectivity index (χ4v) is 10.9. The number of benzene rings is 1. The Hall–Kier alpha value is -2.55. The van der Waals surface area contributed by atoms with Crippen molar-refractivity contribution in [1.82, 2.24) is 5.32 Å². The highest BCUT2D eigenvalue weighted by molar-refractivity contribution is 5.85. The Morgan fingerprint density at radius 1 is 0.959 bits per heavy atom. The maximum Gasteiger partial charge on any atom is 0.331 e. The van der Waals surface area contributed by atoms with Crippen LogP contribution in [-0.2, 0) is 30.3 Å². The lowest BCUT2D eigenvalue weighted by molar-refractivity contribution is -0.245. The second-order valence-electron chi connectivity index (χ2n) is 16.6. The lowest BCUT2D eigenvalue weighted by Crippen LogP contribution is -2.67. The monoisotopic (exact) mass is 677 g/mol. The van der Waals surface area contributed by atoms with Crippen LogP contribution in [0.5, 0.6) is 0 Å². The number of fused-ring (bicyclic) bond motifs is 5. The van der Waals surface area contributed by atoms with Crippen molar-refractivity contribution in [2.75, 3.05) is 19.8 Å². The molecule has 0 radical (unpaired) electrons. The van der Waals surface area contributed by atoms with Crippen LogP contribution in [0.15, 0.2) is 35.9 Å². The number of ether oxygens (including phenoxy) is 2. The molecule has 0 bridgehead atoms. The van der Waals surface area contributed by atoms with Crippen molar-refractivity contribution in [1.29, 1.82) is 0 Å². The third-order valence-electron chi connectivity index (χ3n) is 14.0. The summed E-state index contributed by atoms with van der Waals surface area (Å²) in [5, 5.41) is 27.2. The number of amides is 1. The average Bonchev–Trinajstić information content (AvgIpc) is 3.63. The van der Waals surface area contributed by atoms with Gasteiger partial charge in [-0.25, -0.2) is 4.79 Å². The smallest absolute Gasteiger partial charge is 0.331 e. The zero-order chi connectivity index (χ0) is 34.8. The van der Waals surface area contributed by atoms with E-state index in [1.165, 1.54) is 11.1 Å². The van der Waals surface area contributed by atoms with E-state index in [9.17, 15) is 24.6 Å². The molecule has 1 aromatic rings. The number of hydrogen-bond donors (Lipinski definition) is 3. The van der Waals surface area contributed by atoms with E-state index in [0.717, 1.165) is 76.2 Å². The topological polar surface area (TPSA) is 122 Å². The SMILES string of the molecule is Cc1ccc(CCNC(=O)CCCCCCC(=O)CO[C@H]2CC[C@@]3(C)[C@H](CC[C@@H]4[C@@H]3C[C@@H](O)[C@]3(C)[C@@H](C5=CC(=O)OC5)CC[C@]43O)C2)cc1. The van der Waals surface area contributed by atoms with Crippen molar-refractivity contribution >= 4 is 17.7 Å². The van der Waals surface area contributed by atoms with E-state index >= 15 is 0 Å². The quantitative estimate of drug-likeness (QED) is 0.159. The molecule has 4 saturated carbocycles. The van der Waals surface area contributed by atoms with E-state index in [1.54, 1.807) is 6.08 Å². The molecular formula is C41H59NO7. The first kappa shape index (κ1) is 36.2. The third-order valence-corrected chi connectivity index (χ3v) is 14.0. The number of aryl methyl sites for hydroxylation is 1. The number of Topliss-reactive ketones (excluding diaryl/α,β-unsaturated/α-hetero) is 1. The van der Waals surface area contributed by atoms with E-state index < -0.39 is 17.1 Å². The molecule has 1 amide bonds. The van der Waals surface area contributed by atoms with Crippen molar-refractivity contribution in [2.45, 2.75) is 135 Å². The summed E-state index contributed by atoms with van der Waals surface area (Å²) < 4.78 is 11.5. The highest BCUT2D eigenvalue weighted by Crippen LogP contribution is 2.70. The lowest BCUT2D eigenvalue weighted by atomic mass is 9.42. The molecule has 6 rings (SSSR count). The van der Waals surface area contributed by atoms with Crippen molar-refractivity contribution in [3.63, 3.8) is 0 Å². The number of rotatable bonds is 14. The summed E-state index contributed by atoms with van der Waals surface area (Å²) in [6.07, 6.45) is 13.3. The highest BCUT2D eigenvalue weighted by atomic mass is 16.5. The van der Waals surface area contributed by atoms with Crippen LogP contribution in [0, 0.1) is 41.4 Å². The molecule has 0 saturated heterocycles. The summed E-state index contributed by atoms with van der Waals surface area (Å²) in [4.78, 5) is 36.7. The number of hydrogen-bond acceptors (Lipinski definition) is 7. The highest BCUT2D eigenvalue weighted by Gasteiger charge is 2.70. The molecule has 1 aliphatic heterocycles. The van der Waals surface area contributed by atoms with Crippen molar-refractivity contribution in [3.05, 3.63) is 47.0 Å². The summed E-state index contributed by atoms with van der Waals surface area (Å²) in [6, 6.07) is 8.41. The summed E-state index contributed by atoms with van der Waals surface area (Å²) in [6.45, 7) is 7.60. The first-order valence-corrected chi connectivity index (χ1v) is 19.2. The molecule has 0 spiro atoms. The summed E-state index contributed by atoms with van der Waals surface area (Å²) in [5.41, 5.74) is 1.77. The van der Waals surface area contributed by atoms with E-state index in [-0.39, 0.29) is 60.1 Å². The van der Waals surface area contributed by atoms with Gasteiger partial charge in [-0.3, -0.25) is 9.59 Å². The number of cyclic esters (lactones) is 1. The number of ketones is 1. The molecule has 8 heteroatoms. The Labute approximate surface area is 292 Å². The molecule has 270 valence electrons. The predicted molar refractivity (Wildman–Crippen MR) is 187 cm³/mol. The average molecular weight is 678 g/mol. The number of carbonyl (C=O) groups excluding carboxylic acids is 3. The van der Waals surface area contributed by atoms with Crippen LogP contribution in [0.2, 0.25) is 0 Å². The Morgan fingerprint density at radius 2 is 1.71 bits per heavy atom. The van der Waals surface area contributed by atoms with Gasteiger partial charge in [-0.05, 0) is 118 Å². The van der Waals surface area contributed by atoms with Gasteiger partial charge in [-0.15, -0.1) is 0 Å². The molecule has 9 atom stereocenters. The molecule has 5 aliphatic rings. The van der Waals surface area contributed by atoms with Crippen LogP contribution in [0.25, 0.3) is 0 Å². The van der Waals surface area contributed by atoms with E-state index in [1.807, 2.05) is 0 Å². The molecule has 8 nitrogen and oxygen atoms in total. The fraction of sp³-hybridized carbons (Fsp3) is 0.732. The Bertz CT molecular complexity index is 1390. The van der Waals surface area contributed by atoms with Crippen LogP contribution < -0.4 is 5.32 Å². The molecule has 1 aromatic carbocycles. The molecule has 3 N–H and O–H groups in total. The van der Waals surface area contributed by atoms with E-state index in [4.69, 9.17) is 9.47 Å². The normalized spacial score (nSPS) is 36.7.